The van der Waals surface area contributed by atoms with Gasteiger partial charge < -0.3 is 19.1 Å². The molecule has 2 fully saturated rings. The highest BCUT2D eigenvalue weighted by molar-refractivity contribution is 8.16. The van der Waals surface area contributed by atoms with Gasteiger partial charge in [-0.1, -0.05) is 30.0 Å². The molecule has 0 N–H and O–H groups in total. The Balaban J connectivity index is 1.70. The van der Waals surface area contributed by atoms with Crippen LogP contribution < -0.4 is 19.1 Å². The molecule has 4 rings (SSSR count). The maximum Gasteiger partial charge on any atom is 0.252 e. The van der Waals surface area contributed by atoms with Gasteiger partial charge in [-0.15, -0.1) is 0 Å². The molecule has 10 heteroatoms. The summed E-state index contributed by atoms with van der Waals surface area (Å²) in [6.07, 6.45) is 0.0787. The number of hydrogen-bond acceptors (Lipinski definition) is 7. The van der Waals surface area contributed by atoms with Crippen LogP contribution in [0.3, 0.4) is 0 Å². The molecule has 1 amide bonds. The monoisotopic (exact) mass is 476 g/mol. The molecule has 0 aliphatic carbocycles. The van der Waals surface area contributed by atoms with Crippen molar-refractivity contribution in [1.82, 2.24) is 0 Å². The van der Waals surface area contributed by atoms with Crippen LogP contribution in [0.5, 0.6) is 17.2 Å². The topological polar surface area (TPSA) is 94.5 Å². The van der Waals surface area contributed by atoms with Crippen molar-refractivity contribution in [3.8, 4) is 17.2 Å². The van der Waals surface area contributed by atoms with E-state index in [1.165, 1.54) is 18.9 Å². The minimum Gasteiger partial charge on any atom is -0.497 e. The molecule has 32 heavy (non-hydrogen) atoms. The number of ether oxygens (including phenoxy) is 3. The zero-order chi connectivity index (χ0) is 22.9. The van der Waals surface area contributed by atoms with E-state index in [1.54, 1.807) is 38.5 Å². The van der Waals surface area contributed by atoms with E-state index in [2.05, 4.69) is 4.99 Å². The molecular formula is C22H24N2O6S2. The lowest BCUT2D eigenvalue weighted by Crippen LogP contribution is -2.38. The van der Waals surface area contributed by atoms with Gasteiger partial charge in [0.05, 0.1) is 51.0 Å². The van der Waals surface area contributed by atoms with Crippen molar-refractivity contribution in [2.24, 2.45) is 4.99 Å². The van der Waals surface area contributed by atoms with Gasteiger partial charge in [0.15, 0.2) is 15.0 Å². The second-order valence-electron chi connectivity index (χ2n) is 7.49. The fourth-order valence-corrected chi connectivity index (χ4v) is 7.91. The third-order valence-electron chi connectivity index (χ3n) is 5.47. The van der Waals surface area contributed by atoms with E-state index < -0.39 is 9.84 Å². The van der Waals surface area contributed by atoms with Crippen LogP contribution in [-0.2, 0) is 21.1 Å². The third-order valence-corrected chi connectivity index (χ3v) is 8.68. The number of fused-ring (bicyclic) bond motifs is 1. The minimum atomic E-state index is -3.17. The number of thioether (sulfide) groups is 1. The van der Waals surface area contributed by atoms with Gasteiger partial charge >= 0.3 is 0 Å². The summed E-state index contributed by atoms with van der Waals surface area (Å²) >= 11 is 1.32. The number of carbonyl (C=O) groups excluding carboxylic acids is 1. The largest absolute Gasteiger partial charge is 0.497 e. The van der Waals surface area contributed by atoms with Crippen molar-refractivity contribution in [1.29, 1.82) is 0 Å². The van der Waals surface area contributed by atoms with Crippen LogP contribution in [0.25, 0.3) is 0 Å². The lowest BCUT2D eigenvalue weighted by molar-refractivity contribution is -0.117. The van der Waals surface area contributed by atoms with Gasteiger partial charge in [0, 0.05) is 16.9 Å². The molecule has 2 aromatic rings. The molecule has 170 valence electrons. The first-order chi connectivity index (χ1) is 15.3. The van der Waals surface area contributed by atoms with E-state index in [4.69, 9.17) is 14.2 Å². The van der Waals surface area contributed by atoms with Gasteiger partial charge in [-0.25, -0.2) is 8.42 Å². The summed E-state index contributed by atoms with van der Waals surface area (Å²) in [5.74, 6) is 1.46. The fraction of sp³-hybridized carbons (Fsp3) is 0.364. The van der Waals surface area contributed by atoms with E-state index in [1.807, 2.05) is 23.1 Å². The van der Waals surface area contributed by atoms with Crippen LogP contribution in [0.1, 0.15) is 5.56 Å². The molecule has 2 aliphatic rings. The van der Waals surface area contributed by atoms with Crippen molar-refractivity contribution in [2.45, 2.75) is 17.7 Å². The number of aliphatic imine (C=N–C) groups is 1. The lowest BCUT2D eigenvalue weighted by Gasteiger charge is -2.26. The van der Waals surface area contributed by atoms with Crippen LogP contribution in [0, 0.1) is 0 Å². The number of nitrogens with zero attached hydrogens (tertiary/aromatic N) is 2. The summed E-state index contributed by atoms with van der Waals surface area (Å²) in [7, 11) is 1.48. The molecule has 0 radical (unpaired) electrons. The second-order valence-corrected chi connectivity index (χ2v) is 10.8. The number of anilines is 1. The Kier molecular flexibility index (Phi) is 6.34. The Hall–Kier alpha value is -2.72. The van der Waals surface area contributed by atoms with E-state index in [0.29, 0.717) is 28.1 Å². The number of amidine groups is 1. The van der Waals surface area contributed by atoms with Gasteiger partial charge in [-0.05, 0) is 18.2 Å². The molecule has 8 nitrogen and oxygen atoms in total. The van der Waals surface area contributed by atoms with E-state index in [9.17, 15) is 13.2 Å². The Morgan fingerprint density at radius 3 is 2.53 bits per heavy atom. The molecule has 2 saturated heterocycles. The average molecular weight is 477 g/mol. The summed E-state index contributed by atoms with van der Waals surface area (Å²) in [5.41, 5.74) is 1.39. The molecule has 0 spiro atoms. The minimum absolute atomic E-state index is 0.000428. The molecule has 2 aliphatic heterocycles. The molecule has 2 atom stereocenters. The van der Waals surface area contributed by atoms with Gasteiger partial charge in [-0.2, -0.15) is 4.99 Å². The Bertz CT molecular complexity index is 1160. The number of carbonyl (C=O) groups is 1. The Morgan fingerprint density at radius 1 is 1.06 bits per heavy atom. The summed E-state index contributed by atoms with van der Waals surface area (Å²) < 4.78 is 40.8. The maximum absolute atomic E-state index is 12.9. The van der Waals surface area contributed by atoms with Crippen LogP contribution in [0.4, 0.5) is 5.69 Å². The lowest BCUT2D eigenvalue weighted by atomic mass is 10.1. The number of rotatable bonds is 6. The first-order valence-electron chi connectivity index (χ1n) is 9.97. The predicted octanol–water partition coefficient (Wildman–Crippen LogP) is 2.56. The van der Waals surface area contributed by atoms with E-state index in [-0.39, 0.29) is 35.1 Å². The molecular weight excluding hydrogens is 452 g/mol. The number of benzene rings is 2. The first-order valence-corrected chi connectivity index (χ1v) is 12.7. The zero-order valence-electron chi connectivity index (χ0n) is 18.0. The van der Waals surface area contributed by atoms with E-state index >= 15 is 0 Å². The molecule has 2 unspecified atom stereocenters. The zero-order valence-corrected chi connectivity index (χ0v) is 19.6. The molecule has 0 saturated carbocycles. The van der Waals surface area contributed by atoms with Crippen molar-refractivity contribution in [2.75, 3.05) is 37.7 Å². The van der Waals surface area contributed by atoms with Crippen molar-refractivity contribution >= 4 is 38.4 Å². The second kappa shape index (κ2) is 9.03. The summed E-state index contributed by atoms with van der Waals surface area (Å²) in [6.45, 7) is 0. The van der Waals surface area contributed by atoms with Gasteiger partial charge in [-0.3, -0.25) is 4.79 Å². The highest BCUT2D eigenvalue weighted by Crippen LogP contribution is 2.44. The van der Waals surface area contributed by atoms with Gasteiger partial charge in [0.2, 0.25) is 0 Å². The highest BCUT2D eigenvalue weighted by Gasteiger charge is 2.50. The van der Waals surface area contributed by atoms with Crippen LogP contribution in [0.2, 0.25) is 0 Å². The number of methoxy groups -OCH3 is 3. The summed E-state index contributed by atoms with van der Waals surface area (Å²) in [6, 6.07) is 12.3. The normalized spacial score (nSPS) is 22.6. The van der Waals surface area contributed by atoms with Gasteiger partial charge in [0.1, 0.15) is 17.2 Å². The first kappa shape index (κ1) is 22.5. The van der Waals surface area contributed by atoms with Gasteiger partial charge in [0.25, 0.3) is 5.91 Å². The maximum atomic E-state index is 12.9. The molecule has 2 aromatic carbocycles. The van der Waals surface area contributed by atoms with Crippen molar-refractivity contribution in [3.63, 3.8) is 0 Å². The molecule has 0 bridgehead atoms. The smallest absolute Gasteiger partial charge is 0.252 e. The SMILES string of the molecule is COc1ccc(N2C(=NC(=O)Cc3ccccc3OC)SC3CS(=O)(=O)CC32)c(OC)c1. The number of amides is 1. The fourth-order valence-electron chi connectivity index (χ4n) is 3.99. The summed E-state index contributed by atoms with van der Waals surface area (Å²) in [5, 5.41) is 0.267. The Labute approximate surface area is 191 Å². The highest BCUT2D eigenvalue weighted by atomic mass is 32.2. The van der Waals surface area contributed by atoms with Crippen LogP contribution in [0.15, 0.2) is 47.5 Å². The molecule has 0 aromatic heterocycles. The summed E-state index contributed by atoms with van der Waals surface area (Å²) in [4.78, 5) is 19.1. The number of para-hydroxylation sites is 1. The average Bonchev–Trinajstić information content (AvgIpc) is 3.24. The molecule has 2 heterocycles. The van der Waals surface area contributed by atoms with Crippen molar-refractivity contribution < 1.29 is 27.4 Å². The number of sulfone groups is 1. The van der Waals surface area contributed by atoms with Crippen LogP contribution in [-0.4, -0.2) is 63.6 Å². The predicted molar refractivity (Wildman–Crippen MR) is 125 cm³/mol. The standard InChI is InChI=1S/C22H24N2O6S2/c1-28-15-8-9-16(19(11-15)30-3)24-17-12-32(26,27)13-20(17)31-22(24)23-21(25)10-14-6-4-5-7-18(14)29-2/h4-9,11,17,20H,10,12-13H2,1-3H3. The third kappa shape index (κ3) is 4.42. The van der Waals surface area contributed by atoms with Crippen molar-refractivity contribution in [3.05, 3.63) is 48.0 Å². The quantitative estimate of drug-likeness (QED) is 0.628. The Morgan fingerprint density at radius 2 is 1.81 bits per heavy atom. The van der Waals surface area contributed by atoms with Crippen LogP contribution >= 0.6 is 11.8 Å². The van der Waals surface area contributed by atoms with E-state index in [0.717, 1.165) is 5.56 Å². The number of hydrogen-bond donors (Lipinski definition) is 0.